The van der Waals surface area contributed by atoms with E-state index in [1.54, 1.807) is 25.1 Å². The standard InChI is InChI=1S/C17H15ClN2O6S/c1-10-7-11(18)3-5-13(10)19-27(23,24)12-4-6-14-15(8-12)26-17(22)20(14)9-16(21)25-2/h3-8,19H,9H2,1-2H3. The Balaban J connectivity index is 1.99. The van der Waals surface area contributed by atoms with Crippen LogP contribution in [0.3, 0.4) is 0 Å². The SMILES string of the molecule is COC(=O)Cn1c(=O)oc2cc(S(=O)(=O)Nc3ccc(Cl)cc3C)ccc21. The Hall–Kier alpha value is -2.78. The highest BCUT2D eigenvalue weighted by molar-refractivity contribution is 7.92. The Bertz CT molecular complexity index is 1200. The summed E-state index contributed by atoms with van der Waals surface area (Å²) in [5, 5.41) is 0.491. The number of methoxy groups -OCH3 is 1. The van der Waals surface area contributed by atoms with Gasteiger partial charge in [0.15, 0.2) is 5.58 Å². The third kappa shape index (κ3) is 3.83. The fourth-order valence-corrected chi connectivity index (χ4v) is 3.87. The molecule has 0 spiro atoms. The van der Waals surface area contributed by atoms with E-state index in [1.165, 1.54) is 25.3 Å². The van der Waals surface area contributed by atoms with Gasteiger partial charge in [0.1, 0.15) is 6.54 Å². The molecule has 1 N–H and O–H groups in total. The lowest BCUT2D eigenvalue weighted by molar-refractivity contribution is -0.141. The van der Waals surface area contributed by atoms with Crippen molar-refractivity contribution in [1.29, 1.82) is 0 Å². The number of carbonyl (C=O) groups is 1. The average Bonchev–Trinajstić information content (AvgIpc) is 2.92. The van der Waals surface area contributed by atoms with Gasteiger partial charge in [-0.15, -0.1) is 0 Å². The molecule has 0 aliphatic carbocycles. The highest BCUT2D eigenvalue weighted by Crippen LogP contribution is 2.24. The van der Waals surface area contributed by atoms with Crippen molar-refractivity contribution in [2.75, 3.05) is 11.8 Å². The van der Waals surface area contributed by atoms with Gasteiger partial charge >= 0.3 is 11.7 Å². The predicted molar refractivity (Wildman–Crippen MR) is 99.5 cm³/mol. The van der Waals surface area contributed by atoms with Crippen molar-refractivity contribution in [2.24, 2.45) is 0 Å². The van der Waals surface area contributed by atoms with Gasteiger partial charge in [-0.2, -0.15) is 0 Å². The van der Waals surface area contributed by atoms with E-state index in [1.807, 2.05) is 0 Å². The lowest BCUT2D eigenvalue weighted by atomic mass is 10.2. The molecule has 2 aromatic carbocycles. The largest absolute Gasteiger partial charge is 0.468 e. The summed E-state index contributed by atoms with van der Waals surface area (Å²) in [6.45, 7) is 1.38. The molecule has 0 aliphatic rings. The first-order chi connectivity index (χ1) is 12.7. The second kappa shape index (κ2) is 7.09. The topological polar surface area (TPSA) is 108 Å². The minimum atomic E-state index is -3.93. The Kier molecular flexibility index (Phi) is 4.99. The number of nitrogens with zero attached hydrogens (tertiary/aromatic N) is 1. The summed E-state index contributed by atoms with van der Waals surface area (Å²) < 4.78 is 38.4. The molecule has 0 saturated carbocycles. The third-order valence-corrected chi connectivity index (χ3v) is 5.50. The molecule has 0 bridgehead atoms. The minimum Gasteiger partial charge on any atom is -0.468 e. The maximum atomic E-state index is 12.7. The van der Waals surface area contributed by atoms with Crippen LogP contribution in [-0.2, 0) is 26.1 Å². The van der Waals surface area contributed by atoms with Crippen LogP contribution in [0.1, 0.15) is 5.56 Å². The Morgan fingerprint density at radius 2 is 2.00 bits per heavy atom. The van der Waals surface area contributed by atoms with Crippen LogP contribution >= 0.6 is 11.6 Å². The summed E-state index contributed by atoms with van der Waals surface area (Å²) in [5.74, 6) is -1.41. The molecule has 0 saturated heterocycles. The second-order valence-electron chi connectivity index (χ2n) is 5.72. The summed E-state index contributed by atoms with van der Waals surface area (Å²) >= 11 is 5.88. The Labute approximate surface area is 159 Å². The van der Waals surface area contributed by atoms with Crippen molar-refractivity contribution >= 4 is 44.4 Å². The number of nitrogens with one attached hydrogen (secondary N) is 1. The van der Waals surface area contributed by atoms with Gasteiger partial charge in [0, 0.05) is 11.1 Å². The number of aromatic nitrogens is 1. The van der Waals surface area contributed by atoms with E-state index in [9.17, 15) is 18.0 Å². The number of esters is 1. The maximum Gasteiger partial charge on any atom is 0.420 e. The number of aryl methyl sites for hydroxylation is 1. The molecule has 0 radical (unpaired) electrons. The van der Waals surface area contributed by atoms with Gasteiger partial charge in [0.05, 0.1) is 23.2 Å². The first kappa shape index (κ1) is 19.0. The van der Waals surface area contributed by atoms with Crippen LogP contribution < -0.4 is 10.5 Å². The molecular weight excluding hydrogens is 396 g/mol. The normalized spacial score (nSPS) is 11.5. The molecule has 0 unspecified atom stereocenters. The number of carbonyl (C=O) groups excluding carboxylic acids is 1. The monoisotopic (exact) mass is 410 g/mol. The average molecular weight is 411 g/mol. The van der Waals surface area contributed by atoms with Gasteiger partial charge in [-0.25, -0.2) is 13.2 Å². The molecule has 0 fully saturated rings. The maximum absolute atomic E-state index is 12.7. The molecule has 142 valence electrons. The zero-order valence-electron chi connectivity index (χ0n) is 14.4. The van der Waals surface area contributed by atoms with E-state index in [4.69, 9.17) is 16.0 Å². The van der Waals surface area contributed by atoms with Crippen LogP contribution in [0.25, 0.3) is 11.1 Å². The zero-order valence-corrected chi connectivity index (χ0v) is 15.9. The van der Waals surface area contributed by atoms with Gasteiger partial charge < -0.3 is 9.15 Å². The third-order valence-electron chi connectivity index (χ3n) is 3.90. The van der Waals surface area contributed by atoms with E-state index in [0.29, 0.717) is 16.3 Å². The molecule has 3 rings (SSSR count). The van der Waals surface area contributed by atoms with E-state index < -0.39 is 21.7 Å². The number of fused-ring (bicyclic) bond motifs is 1. The highest BCUT2D eigenvalue weighted by Gasteiger charge is 2.19. The van der Waals surface area contributed by atoms with E-state index in [0.717, 1.165) is 4.57 Å². The summed E-state index contributed by atoms with van der Waals surface area (Å²) in [6.07, 6.45) is 0. The van der Waals surface area contributed by atoms with Gasteiger partial charge in [-0.3, -0.25) is 14.1 Å². The Morgan fingerprint density at radius 1 is 1.26 bits per heavy atom. The van der Waals surface area contributed by atoms with Gasteiger partial charge in [0.2, 0.25) is 0 Å². The predicted octanol–water partition coefficient (Wildman–Crippen LogP) is 2.53. The fourth-order valence-electron chi connectivity index (χ4n) is 2.50. The molecule has 10 heteroatoms. The van der Waals surface area contributed by atoms with Crippen LogP contribution in [-0.4, -0.2) is 26.1 Å². The number of hydrogen-bond donors (Lipinski definition) is 1. The fraction of sp³-hybridized carbons (Fsp3) is 0.176. The first-order valence-electron chi connectivity index (χ1n) is 7.70. The lowest BCUT2D eigenvalue weighted by Gasteiger charge is -2.11. The summed E-state index contributed by atoms with van der Waals surface area (Å²) in [4.78, 5) is 23.3. The van der Waals surface area contributed by atoms with Crippen LogP contribution in [0.2, 0.25) is 5.02 Å². The van der Waals surface area contributed by atoms with Crippen molar-refractivity contribution in [1.82, 2.24) is 4.57 Å². The highest BCUT2D eigenvalue weighted by atomic mass is 35.5. The molecular formula is C17H15ClN2O6S. The van der Waals surface area contributed by atoms with Crippen LogP contribution in [0.5, 0.6) is 0 Å². The molecule has 1 heterocycles. The number of hydrogen-bond acceptors (Lipinski definition) is 6. The van der Waals surface area contributed by atoms with Crippen LogP contribution in [0.15, 0.2) is 50.5 Å². The quantitative estimate of drug-likeness (QED) is 0.647. The van der Waals surface area contributed by atoms with E-state index in [-0.39, 0.29) is 22.5 Å². The molecule has 8 nitrogen and oxygen atoms in total. The number of benzene rings is 2. The van der Waals surface area contributed by atoms with Crippen molar-refractivity contribution in [2.45, 2.75) is 18.4 Å². The number of ether oxygens (including phenoxy) is 1. The first-order valence-corrected chi connectivity index (χ1v) is 9.56. The molecule has 27 heavy (non-hydrogen) atoms. The molecule has 3 aromatic rings. The van der Waals surface area contributed by atoms with Crippen molar-refractivity contribution in [3.05, 3.63) is 57.5 Å². The van der Waals surface area contributed by atoms with Crippen molar-refractivity contribution in [3.8, 4) is 0 Å². The van der Waals surface area contributed by atoms with Gasteiger partial charge in [0.25, 0.3) is 10.0 Å². The lowest BCUT2D eigenvalue weighted by Crippen LogP contribution is -2.20. The smallest absolute Gasteiger partial charge is 0.420 e. The van der Waals surface area contributed by atoms with E-state index >= 15 is 0 Å². The number of halogens is 1. The van der Waals surface area contributed by atoms with Gasteiger partial charge in [-0.1, -0.05) is 11.6 Å². The Morgan fingerprint density at radius 3 is 2.67 bits per heavy atom. The van der Waals surface area contributed by atoms with E-state index in [2.05, 4.69) is 9.46 Å². The molecule has 0 atom stereocenters. The summed E-state index contributed by atoms with van der Waals surface area (Å²) in [5.41, 5.74) is 1.36. The zero-order chi connectivity index (χ0) is 19.8. The molecule has 0 aliphatic heterocycles. The summed E-state index contributed by atoms with van der Waals surface area (Å²) in [6, 6.07) is 8.69. The van der Waals surface area contributed by atoms with Crippen LogP contribution in [0.4, 0.5) is 5.69 Å². The van der Waals surface area contributed by atoms with Crippen molar-refractivity contribution < 1.29 is 22.4 Å². The van der Waals surface area contributed by atoms with Crippen molar-refractivity contribution in [3.63, 3.8) is 0 Å². The number of rotatable bonds is 5. The second-order valence-corrected chi connectivity index (χ2v) is 7.84. The number of sulfonamides is 1. The summed E-state index contributed by atoms with van der Waals surface area (Å²) in [7, 11) is -2.73. The number of anilines is 1. The molecule has 1 aromatic heterocycles. The molecule has 0 amide bonds. The van der Waals surface area contributed by atoms with Gasteiger partial charge in [-0.05, 0) is 42.8 Å². The minimum absolute atomic E-state index is 0.0413. The van der Waals surface area contributed by atoms with Crippen LogP contribution in [0, 0.1) is 6.92 Å². The number of oxazole rings is 1.